The molecule has 0 amide bonds. The predicted octanol–water partition coefficient (Wildman–Crippen LogP) is 2.51. The molecule has 0 aromatic heterocycles. The minimum absolute atomic E-state index is 0.0944. The van der Waals surface area contributed by atoms with Gasteiger partial charge in [0.05, 0.1) is 5.92 Å². The topological polar surface area (TPSA) is 80.4 Å². The number of hydrogen-bond acceptors (Lipinski definition) is 4. The van der Waals surface area contributed by atoms with Gasteiger partial charge in [-0.15, -0.1) is 0 Å². The molecule has 0 aliphatic heterocycles. The van der Waals surface area contributed by atoms with Gasteiger partial charge in [0, 0.05) is 25.2 Å². The Balaban J connectivity index is 3.17. The number of rotatable bonds is 5. The molecule has 0 heterocycles. The number of phenolic OH excluding ortho intramolecular Hbond substituents is 1. The molecule has 0 aliphatic carbocycles. The summed E-state index contributed by atoms with van der Waals surface area (Å²) in [5.74, 6) is -0.507. The van der Waals surface area contributed by atoms with Crippen molar-refractivity contribution < 1.29 is 14.8 Å². The maximum absolute atomic E-state index is 11.3. The van der Waals surface area contributed by atoms with Crippen molar-refractivity contribution in [3.05, 3.63) is 39.9 Å². The Morgan fingerprint density at radius 2 is 1.89 bits per heavy atom. The molecule has 1 N–H and O–H groups in total. The lowest BCUT2D eigenvalue weighted by Crippen LogP contribution is -2.39. The maximum Gasteiger partial charge on any atom is 0.223 e. The smallest absolute Gasteiger partial charge is 0.223 e. The third-order valence-electron chi connectivity index (χ3n) is 3.11. The highest BCUT2D eigenvalue weighted by molar-refractivity contribution is 5.76. The van der Waals surface area contributed by atoms with Crippen LogP contribution in [0, 0.1) is 10.1 Å². The highest BCUT2D eigenvalue weighted by Gasteiger charge is 2.42. The van der Waals surface area contributed by atoms with Crippen LogP contribution in [0.25, 0.3) is 0 Å². The molecule has 5 nitrogen and oxygen atoms in total. The van der Waals surface area contributed by atoms with Crippen LogP contribution in [-0.4, -0.2) is 21.4 Å². The van der Waals surface area contributed by atoms with Gasteiger partial charge in [-0.2, -0.15) is 0 Å². The van der Waals surface area contributed by atoms with Crippen molar-refractivity contribution in [1.29, 1.82) is 0 Å². The number of benzene rings is 1. The average molecular weight is 251 g/mol. The number of aromatic hydroxyl groups is 1. The van der Waals surface area contributed by atoms with Gasteiger partial charge in [0.25, 0.3) is 0 Å². The second-order valence-electron chi connectivity index (χ2n) is 4.96. The van der Waals surface area contributed by atoms with Crippen molar-refractivity contribution in [2.45, 2.75) is 38.6 Å². The van der Waals surface area contributed by atoms with Gasteiger partial charge in [-0.1, -0.05) is 12.1 Å². The highest BCUT2D eigenvalue weighted by Crippen LogP contribution is 2.34. The summed E-state index contributed by atoms with van der Waals surface area (Å²) in [5, 5.41) is 20.4. The van der Waals surface area contributed by atoms with Crippen molar-refractivity contribution in [1.82, 2.24) is 0 Å². The predicted molar refractivity (Wildman–Crippen MR) is 67.2 cm³/mol. The van der Waals surface area contributed by atoms with Gasteiger partial charge < -0.3 is 9.90 Å². The third-order valence-corrected chi connectivity index (χ3v) is 3.11. The number of nitrogens with zero attached hydrogens (tertiary/aromatic N) is 1. The van der Waals surface area contributed by atoms with Gasteiger partial charge in [0.2, 0.25) is 5.54 Å². The van der Waals surface area contributed by atoms with Crippen LogP contribution in [0.5, 0.6) is 5.75 Å². The molecule has 0 saturated heterocycles. The fourth-order valence-corrected chi connectivity index (χ4v) is 1.90. The molecule has 1 aromatic carbocycles. The Morgan fingerprint density at radius 3 is 2.28 bits per heavy atom. The Hall–Kier alpha value is -1.91. The molecule has 0 bridgehead atoms. The molecule has 0 fully saturated rings. The first-order chi connectivity index (χ1) is 8.25. The maximum atomic E-state index is 11.3. The summed E-state index contributed by atoms with van der Waals surface area (Å²) >= 11 is 0. The van der Waals surface area contributed by atoms with Crippen LogP contribution in [0.3, 0.4) is 0 Å². The van der Waals surface area contributed by atoms with Gasteiger partial charge >= 0.3 is 0 Å². The fourth-order valence-electron chi connectivity index (χ4n) is 1.90. The van der Waals surface area contributed by atoms with Crippen molar-refractivity contribution >= 4 is 5.78 Å². The van der Waals surface area contributed by atoms with E-state index in [-0.39, 0.29) is 22.9 Å². The van der Waals surface area contributed by atoms with Crippen LogP contribution in [0.1, 0.15) is 38.7 Å². The lowest BCUT2D eigenvalue weighted by molar-refractivity contribution is -0.565. The van der Waals surface area contributed by atoms with Crippen molar-refractivity contribution in [2.75, 3.05) is 0 Å². The summed E-state index contributed by atoms with van der Waals surface area (Å²) < 4.78 is 0. The highest BCUT2D eigenvalue weighted by atomic mass is 16.6. The van der Waals surface area contributed by atoms with Crippen molar-refractivity contribution in [3.63, 3.8) is 0 Å². The van der Waals surface area contributed by atoms with E-state index in [1.807, 2.05) is 0 Å². The van der Waals surface area contributed by atoms with Crippen LogP contribution < -0.4 is 0 Å². The average Bonchev–Trinajstić information content (AvgIpc) is 2.26. The Kier molecular flexibility index (Phi) is 4.06. The zero-order valence-electron chi connectivity index (χ0n) is 10.7. The number of carbonyl (C=O) groups excluding carboxylic acids is 1. The molecular formula is C13H17NO4. The van der Waals surface area contributed by atoms with Crippen LogP contribution in [-0.2, 0) is 4.79 Å². The normalized spacial score (nSPS) is 13.1. The second kappa shape index (κ2) is 5.16. The van der Waals surface area contributed by atoms with E-state index < -0.39 is 11.5 Å². The van der Waals surface area contributed by atoms with Gasteiger partial charge in [-0.05, 0) is 24.6 Å². The summed E-state index contributed by atoms with van der Waals surface area (Å²) in [6.45, 7) is 4.43. The molecule has 0 saturated carbocycles. The minimum atomic E-state index is -1.23. The molecule has 0 aliphatic rings. The van der Waals surface area contributed by atoms with E-state index in [2.05, 4.69) is 0 Å². The zero-order chi connectivity index (χ0) is 13.9. The van der Waals surface area contributed by atoms with Gasteiger partial charge in [0.15, 0.2) is 0 Å². The summed E-state index contributed by atoms with van der Waals surface area (Å²) in [6, 6.07) is 6.18. The summed E-state index contributed by atoms with van der Waals surface area (Å²) in [6.07, 6.45) is 0.110. The number of ketones is 1. The molecule has 1 unspecified atom stereocenters. The molecule has 1 rings (SSSR count). The molecule has 18 heavy (non-hydrogen) atoms. The van der Waals surface area contributed by atoms with E-state index >= 15 is 0 Å². The Bertz CT molecular complexity index is 451. The molecule has 0 spiro atoms. The summed E-state index contributed by atoms with van der Waals surface area (Å²) in [5.41, 5.74) is -0.549. The lowest BCUT2D eigenvalue weighted by Gasteiger charge is -2.26. The van der Waals surface area contributed by atoms with Crippen LogP contribution in [0.15, 0.2) is 24.3 Å². The van der Waals surface area contributed by atoms with E-state index in [0.29, 0.717) is 5.56 Å². The van der Waals surface area contributed by atoms with Crippen molar-refractivity contribution in [3.8, 4) is 5.75 Å². The van der Waals surface area contributed by atoms with E-state index in [0.717, 1.165) is 0 Å². The molecule has 1 atom stereocenters. The van der Waals surface area contributed by atoms with E-state index in [4.69, 9.17) is 0 Å². The van der Waals surface area contributed by atoms with Crippen LogP contribution in [0.4, 0.5) is 0 Å². The van der Waals surface area contributed by atoms with Crippen molar-refractivity contribution in [2.24, 2.45) is 0 Å². The monoisotopic (exact) mass is 251 g/mol. The zero-order valence-corrected chi connectivity index (χ0v) is 10.7. The third kappa shape index (κ3) is 3.06. The lowest BCUT2D eigenvalue weighted by atomic mass is 9.79. The molecular weight excluding hydrogens is 234 g/mol. The molecule has 1 aromatic rings. The molecule has 5 heteroatoms. The minimum Gasteiger partial charge on any atom is -0.508 e. The van der Waals surface area contributed by atoms with E-state index in [1.165, 1.54) is 32.9 Å². The quantitative estimate of drug-likeness (QED) is 0.644. The summed E-state index contributed by atoms with van der Waals surface area (Å²) in [7, 11) is 0. The first-order valence-corrected chi connectivity index (χ1v) is 5.68. The standard InChI is InChI=1S/C13H17NO4/c1-9(15)8-12(13(2,3)14(17)18)10-4-6-11(16)7-5-10/h4-7,12,16H,8H2,1-3H3. The second-order valence-corrected chi connectivity index (χ2v) is 4.96. The molecule has 0 radical (unpaired) electrons. The first-order valence-electron chi connectivity index (χ1n) is 5.68. The number of phenols is 1. The van der Waals surface area contributed by atoms with Gasteiger partial charge in [-0.25, -0.2) is 0 Å². The first kappa shape index (κ1) is 14.2. The fraction of sp³-hybridized carbons (Fsp3) is 0.462. The van der Waals surface area contributed by atoms with Crippen LogP contribution >= 0.6 is 0 Å². The number of Topliss-reactive ketones (excluding diaryl/α,β-unsaturated/α-hetero) is 1. The SMILES string of the molecule is CC(=O)CC(c1ccc(O)cc1)C(C)(C)[N+](=O)[O-]. The Morgan fingerprint density at radius 1 is 1.39 bits per heavy atom. The van der Waals surface area contributed by atoms with Gasteiger partial charge in [0.1, 0.15) is 11.5 Å². The Labute approximate surface area is 106 Å². The summed E-state index contributed by atoms with van der Waals surface area (Å²) in [4.78, 5) is 22.1. The molecule has 98 valence electrons. The number of hydrogen-bond donors (Lipinski definition) is 1. The van der Waals surface area contributed by atoms with Gasteiger partial charge in [-0.3, -0.25) is 10.1 Å². The van der Waals surface area contributed by atoms with E-state index in [9.17, 15) is 20.0 Å². The van der Waals surface area contributed by atoms with E-state index in [1.54, 1.807) is 12.1 Å². The largest absolute Gasteiger partial charge is 0.508 e. The number of carbonyl (C=O) groups is 1. The number of nitro groups is 1. The van der Waals surface area contributed by atoms with Crippen LogP contribution in [0.2, 0.25) is 0 Å².